The molecular formula is C9H11ClO4S2. The Labute approximate surface area is 99.6 Å². The molecule has 0 saturated heterocycles. The van der Waals surface area contributed by atoms with Crippen molar-refractivity contribution >= 4 is 29.6 Å². The number of rotatable bonds is 4. The Balaban J connectivity index is 3.19. The van der Waals surface area contributed by atoms with Gasteiger partial charge in [-0.2, -0.15) is 0 Å². The topological polar surface area (TPSA) is 68.3 Å². The quantitative estimate of drug-likeness (QED) is 0.782. The van der Waals surface area contributed by atoms with Gasteiger partial charge in [0, 0.05) is 16.9 Å². The summed E-state index contributed by atoms with van der Waals surface area (Å²) in [5.74, 6) is -0.511. The van der Waals surface area contributed by atoms with Crippen molar-refractivity contribution in [2.24, 2.45) is 0 Å². The highest BCUT2D eigenvalue weighted by atomic mass is 35.7. The second kappa shape index (κ2) is 4.73. The Morgan fingerprint density at radius 1 is 1.12 bits per heavy atom. The standard InChI is InChI=1S/C9H11ClO4S2/c1-15(11,12)7-9(16(10,13)14)8-5-3-2-4-6-8/h2-6,9H,7H2,1H3. The molecule has 0 heterocycles. The summed E-state index contributed by atoms with van der Waals surface area (Å²) in [6, 6.07) is 8.05. The lowest BCUT2D eigenvalue weighted by atomic mass is 10.2. The van der Waals surface area contributed by atoms with Crippen LogP contribution in [0.5, 0.6) is 0 Å². The van der Waals surface area contributed by atoms with Gasteiger partial charge >= 0.3 is 0 Å². The van der Waals surface area contributed by atoms with Crippen molar-refractivity contribution in [1.82, 2.24) is 0 Å². The van der Waals surface area contributed by atoms with Gasteiger partial charge in [0.25, 0.3) is 0 Å². The molecular weight excluding hydrogens is 272 g/mol. The molecule has 0 saturated carbocycles. The number of hydrogen-bond donors (Lipinski definition) is 0. The fourth-order valence-corrected chi connectivity index (χ4v) is 4.67. The third-order valence-electron chi connectivity index (χ3n) is 1.97. The molecule has 1 rings (SSSR count). The molecule has 0 fully saturated rings. The van der Waals surface area contributed by atoms with Crippen LogP contribution >= 0.6 is 10.7 Å². The molecule has 1 unspecified atom stereocenters. The Bertz CT molecular complexity index is 548. The molecule has 90 valence electrons. The van der Waals surface area contributed by atoms with Crippen LogP contribution in [0.1, 0.15) is 10.8 Å². The molecule has 0 spiro atoms. The summed E-state index contributed by atoms with van der Waals surface area (Å²) in [5.41, 5.74) is 0.378. The summed E-state index contributed by atoms with van der Waals surface area (Å²) >= 11 is 0. The zero-order chi connectivity index (χ0) is 12.4. The van der Waals surface area contributed by atoms with E-state index in [-0.39, 0.29) is 0 Å². The number of sulfone groups is 1. The monoisotopic (exact) mass is 282 g/mol. The summed E-state index contributed by atoms with van der Waals surface area (Å²) in [5, 5.41) is -1.22. The second-order valence-corrected chi connectivity index (χ2v) is 8.46. The molecule has 0 aliphatic heterocycles. The number of hydrogen-bond acceptors (Lipinski definition) is 4. The molecule has 0 bridgehead atoms. The zero-order valence-corrected chi connectivity index (χ0v) is 10.9. The van der Waals surface area contributed by atoms with Crippen LogP contribution in [0.3, 0.4) is 0 Å². The van der Waals surface area contributed by atoms with Crippen LogP contribution in [0.4, 0.5) is 0 Å². The summed E-state index contributed by atoms with van der Waals surface area (Å²) in [6.45, 7) is 0. The number of halogens is 1. The Hall–Kier alpha value is -0.590. The van der Waals surface area contributed by atoms with Crippen molar-refractivity contribution in [3.8, 4) is 0 Å². The van der Waals surface area contributed by atoms with Crippen LogP contribution in [-0.4, -0.2) is 28.8 Å². The van der Waals surface area contributed by atoms with Crippen LogP contribution in [0, 0.1) is 0 Å². The molecule has 0 aliphatic carbocycles. The maximum absolute atomic E-state index is 11.3. The molecule has 0 N–H and O–H groups in total. The first-order chi connectivity index (χ1) is 7.20. The summed E-state index contributed by atoms with van der Waals surface area (Å²) in [6.07, 6.45) is 0.977. The molecule has 0 radical (unpaired) electrons. The number of benzene rings is 1. The molecule has 0 aliphatic rings. The minimum absolute atomic E-state index is 0.378. The molecule has 4 nitrogen and oxygen atoms in total. The summed E-state index contributed by atoms with van der Waals surface area (Å²) in [7, 11) is -2.13. The zero-order valence-electron chi connectivity index (χ0n) is 8.50. The molecule has 1 aromatic carbocycles. The van der Waals surface area contributed by atoms with Crippen LogP contribution in [0.25, 0.3) is 0 Å². The van der Waals surface area contributed by atoms with E-state index in [0.29, 0.717) is 5.56 Å². The molecule has 16 heavy (non-hydrogen) atoms. The normalized spacial score (nSPS) is 14.6. The molecule has 0 aromatic heterocycles. The molecule has 0 amide bonds. The maximum Gasteiger partial charge on any atom is 0.240 e. The van der Waals surface area contributed by atoms with Crippen LogP contribution in [-0.2, 0) is 18.9 Å². The van der Waals surface area contributed by atoms with E-state index in [1.807, 2.05) is 0 Å². The highest BCUT2D eigenvalue weighted by molar-refractivity contribution is 8.14. The van der Waals surface area contributed by atoms with E-state index in [1.165, 1.54) is 12.1 Å². The van der Waals surface area contributed by atoms with Crippen molar-refractivity contribution in [1.29, 1.82) is 0 Å². The smallest absolute Gasteiger partial charge is 0.229 e. The lowest BCUT2D eigenvalue weighted by Gasteiger charge is -2.12. The van der Waals surface area contributed by atoms with Crippen LogP contribution in [0.15, 0.2) is 30.3 Å². The van der Waals surface area contributed by atoms with E-state index in [2.05, 4.69) is 0 Å². The van der Waals surface area contributed by atoms with Crippen molar-refractivity contribution in [3.63, 3.8) is 0 Å². The van der Waals surface area contributed by atoms with E-state index >= 15 is 0 Å². The van der Waals surface area contributed by atoms with Gasteiger partial charge in [-0.25, -0.2) is 16.8 Å². The van der Waals surface area contributed by atoms with Crippen LogP contribution < -0.4 is 0 Å². The van der Waals surface area contributed by atoms with E-state index < -0.39 is 29.9 Å². The first kappa shape index (κ1) is 13.5. The van der Waals surface area contributed by atoms with Gasteiger partial charge in [0.2, 0.25) is 9.05 Å². The lowest BCUT2D eigenvalue weighted by Crippen LogP contribution is -2.18. The van der Waals surface area contributed by atoms with Gasteiger partial charge in [0.1, 0.15) is 15.1 Å². The largest absolute Gasteiger partial charge is 0.240 e. The van der Waals surface area contributed by atoms with Crippen LogP contribution in [0.2, 0.25) is 0 Å². The maximum atomic E-state index is 11.3. The molecule has 1 atom stereocenters. The van der Waals surface area contributed by atoms with Crippen molar-refractivity contribution in [3.05, 3.63) is 35.9 Å². The van der Waals surface area contributed by atoms with E-state index in [9.17, 15) is 16.8 Å². The predicted molar refractivity (Wildman–Crippen MR) is 63.7 cm³/mol. The molecule has 1 aromatic rings. The average molecular weight is 283 g/mol. The van der Waals surface area contributed by atoms with Gasteiger partial charge in [0.15, 0.2) is 0 Å². The SMILES string of the molecule is CS(=O)(=O)CC(c1ccccc1)S(=O)(=O)Cl. The van der Waals surface area contributed by atoms with Crippen molar-refractivity contribution in [2.45, 2.75) is 5.25 Å². The van der Waals surface area contributed by atoms with Crippen molar-refractivity contribution < 1.29 is 16.8 Å². The third kappa shape index (κ3) is 4.11. The first-order valence-electron chi connectivity index (χ1n) is 4.36. The Morgan fingerprint density at radius 3 is 2.00 bits per heavy atom. The summed E-state index contributed by atoms with van der Waals surface area (Å²) in [4.78, 5) is 0. The first-order valence-corrected chi connectivity index (χ1v) is 8.79. The van der Waals surface area contributed by atoms with E-state index in [0.717, 1.165) is 6.26 Å². The minimum Gasteiger partial charge on any atom is -0.229 e. The highest BCUT2D eigenvalue weighted by Crippen LogP contribution is 2.26. The fourth-order valence-electron chi connectivity index (χ4n) is 1.28. The molecule has 7 heteroatoms. The highest BCUT2D eigenvalue weighted by Gasteiger charge is 2.28. The predicted octanol–water partition coefficient (Wildman–Crippen LogP) is 1.34. The average Bonchev–Trinajstić information content (AvgIpc) is 2.13. The van der Waals surface area contributed by atoms with E-state index in [4.69, 9.17) is 10.7 Å². The second-order valence-electron chi connectivity index (χ2n) is 3.47. The van der Waals surface area contributed by atoms with Gasteiger partial charge in [-0.15, -0.1) is 0 Å². The van der Waals surface area contributed by atoms with Gasteiger partial charge in [-0.05, 0) is 5.56 Å². The van der Waals surface area contributed by atoms with E-state index in [1.54, 1.807) is 18.2 Å². The Kier molecular flexibility index (Phi) is 3.98. The summed E-state index contributed by atoms with van der Waals surface area (Å²) < 4.78 is 44.9. The van der Waals surface area contributed by atoms with Gasteiger partial charge in [-0.1, -0.05) is 30.3 Å². The Morgan fingerprint density at radius 2 is 1.62 bits per heavy atom. The third-order valence-corrected chi connectivity index (χ3v) is 4.88. The van der Waals surface area contributed by atoms with Gasteiger partial charge in [0.05, 0.1) is 5.75 Å². The fraction of sp³-hybridized carbons (Fsp3) is 0.333. The van der Waals surface area contributed by atoms with Gasteiger partial charge < -0.3 is 0 Å². The van der Waals surface area contributed by atoms with Gasteiger partial charge in [-0.3, -0.25) is 0 Å². The minimum atomic E-state index is -3.96. The van der Waals surface area contributed by atoms with Crippen molar-refractivity contribution in [2.75, 3.05) is 12.0 Å². The lowest BCUT2D eigenvalue weighted by molar-refractivity contribution is 0.587.